The summed E-state index contributed by atoms with van der Waals surface area (Å²) in [5.41, 5.74) is 5.24. The molecule has 5 nitrogen and oxygen atoms in total. The minimum absolute atomic E-state index is 0.0378. The molecule has 4 rings (SSSR count). The van der Waals surface area contributed by atoms with Crippen molar-refractivity contribution >= 4 is 11.6 Å². The van der Waals surface area contributed by atoms with Crippen LogP contribution in [0.15, 0.2) is 66.7 Å². The minimum atomic E-state index is -0.405. The first-order valence-electron chi connectivity index (χ1n) is 9.59. The molecule has 0 atom stereocenters. The number of benzene rings is 3. The largest absolute Gasteiger partial charge is 0.319 e. The van der Waals surface area contributed by atoms with Gasteiger partial charge in [0.05, 0.1) is 5.69 Å². The fraction of sp³-hybridized carbons (Fsp3) is 0.125. The molecular formula is C24H21FN4O. The van der Waals surface area contributed by atoms with Crippen LogP contribution in [0.25, 0.3) is 17.1 Å². The van der Waals surface area contributed by atoms with Crippen molar-refractivity contribution in [1.82, 2.24) is 14.8 Å². The molecule has 0 bridgehead atoms. The SMILES string of the molecule is Cc1ccc(-n2nc(C(=O)Nc3cc(C)ccc3C)nc2-c2ccc(F)cc2)cc1. The highest BCUT2D eigenvalue weighted by molar-refractivity contribution is 6.02. The predicted octanol–water partition coefficient (Wildman–Crippen LogP) is 5.25. The van der Waals surface area contributed by atoms with Gasteiger partial charge in [0.1, 0.15) is 5.82 Å². The van der Waals surface area contributed by atoms with Crippen LogP contribution in [-0.4, -0.2) is 20.7 Å². The maximum atomic E-state index is 13.4. The summed E-state index contributed by atoms with van der Waals surface area (Å²) < 4.78 is 15.0. The Hall–Kier alpha value is -3.80. The molecule has 1 aromatic heterocycles. The van der Waals surface area contributed by atoms with E-state index < -0.39 is 5.91 Å². The number of carbonyl (C=O) groups is 1. The first kappa shape index (κ1) is 19.5. The van der Waals surface area contributed by atoms with E-state index in [2.05, 4.69) is 15.4 Å². The second-order valence-electron chi connectivity index (χ2n) is 7.29. The molecule has 0 unspecified atom stereocenters. The van der Waals surface area contributed by atoms with Gasteiger partial charge in [-0.15, -0.1) is 5.10 Å². The van der Waals surface area contributed by atoms with Gasteiger partial charge in [-0.3, -0.25) is 4.79 Å². The number of hydrogen-bond acceptors (Lipinski definition) is 3. The number of carbonyl (C=O) groups excluding carboxylic acids is 1. The van der Waals surface area contributed by atoms with Crippen LogP contribution in [0.4, 0.5) is 10.1 Å². The van der Waals surface area contributed by atoms with Gasteiger partial charge in [0.15, 0.2) is 5.82 Å². The molecule has 0 aliphatic heterocycles. The lowest BCUT2D eigenvalue weighted by atomic mass is 10.1. The third-order valence-electron chi connectivity index (χ3n) is 4.83. The van der Waals surface area contributed by atoms with Crippen molar-refractivity contribution in [2.24, 2.45) is 0 Å². The van der Waals surface area contributed by atoms with Gasteiger partial charge in [0.2, 0.25) is 5.82 Å². The molecule has 1 amide bonds. The van der Waals surface area contributed by atoms with Crippen molar-refractivity contribution in [3.05, 3.63) is 95.1 Å². The Labute approximate surface area is 174 Å². The average molecular weight is 400 g/mol. The number of rotatable bonds is 4. The van der Waals surface area contributed by atoms with Gasteiger partial charge in [-0.25, -0.2) is 14.1 Å². The van der Waals surface area contributed by atoms with E-state index in [4.69, 9.17) is 0 Å². The number of anilines is 1. The van der Waals surface area contributed by atoms with Crippen LogP contribution in [0.5, 0.6) is 0 Å². The zero-order chi connectivity index (χ0) is 21.3. The number of halogens is 1. The predicted molar refractivity (Wildman–Crippen MR) is 115 cm³/mol. The molecule has 0 aliphatic rings. The van der Waals surface area contributed by atoms with Crippen LogP contribution < -0.4 is 5.32 Å². The summed E-state index contributed by atoms with van der Waals surface area (Å²) in [6.07, 6.45) is 0. The molecule has 0 saturated heterocycles. The van der Waals surface area contributed by atoms with Crippen molar-refractivity contribution in [3.8, 4) is 17.1 Å². The van der Waals surface area contributed by atoms with Crippen molar-refractivity contribution in [1.29, 1.82) is 0 Å². The second-order valence-corrected chi connectivity index (χ2v) is 7.29. The molecule has 3 aromatic carbocycles. The lowest BCUT2D eigenvalue weighted by Gasteiger charge is -2.07. The lowest BCUT2D eigenvalue weighted by molar-refractivity contribution is 0.101. The first-order chi connectivity index (χ1) is 14.4. The molecule has 1 heterocycles. The quantitative estimate of drug-likeness (QED) is 0.509. The van der Waals surface area contributed by atoms with Gasteiger partial charge in [0, 0.05) is 11.3 Å². The Bertz CT molecular complexity index is 1150. The topological polar surface area (TPSA) is 59.8 Å². The van der Waals surface area contributed by atoms with E-state index in [1.54, 1.807) is 16.8 Å². The zero-order valence-corrected chi connectivity index (χ0v) is 17.0. The van der Waals surface area contributed by atoms with E-state index in [0.717, 1.165) is 28.1 Å². The monoisotopic (exact) mass is 400 g/mol. The van der Waals surface area contributed by atoms with E-state index in [9.17, 15) is 9.18 Å². The lowest BCUT2D eigenvalue weighted by Crippen LogP contribution is -2.15. The van der Waals surface area contributed by atoms with Crippen LogP contribution in [0.3, 0.4) is 0 Å². The summed E-state index contributed by atoms with van der Waals surface area (Å²) in [6, 6.07) is 19.5. The van der Waals surface area contributed by atoms with Crippen LogP contribution in [0.1, 0.15) is 27.3 Å². The summed E-state index contributed by atoms with van der Waals surface area (Å²) in [7, 11) is 0. The van der Waals surface area contributed by atoms with Crippen LogP contribution in [0.2, 0.25) is 0 Å². The Morgan fingerprint density at radius 1 is 0.900 bits per heavy atom. The Balaban J connectivity index is 1.76. The standard InChI is InChI=1S/C24H21FN4O/c1-15-5-12-20(13-6-15)29-23(18-8-10-19(25)11-9-18)27-22(28-29)24(30)26-21-14-16(2)4-7-17(21)3/h4-14H,1-3H3,(H,26,30). The second kappa shape index (κ2) is 7.91. The normalized spacial score (nSPS) is 10.8. The van der Waals surface area contributed by atoms with E-state index in [1.807, 2.05) is 63.2 Å². The fourth-order valence-electron chi connectivity index (χ4n) is 3.11. The molecule has 0 radical (unpaired) electrons. The van der Waals surface area contributed by atoms with Crippen LogP contribution >= 0.6 is 0 Å². The number of amides is 1. The van der Waals surface area contributed by atoms with Crippen LogP contribution in [-0.2, 0) is 0 Å². The molecule has 0 spiro atoms. The third kappa shape index (κ3) is 3.98. The van der Waals surface area contributed by atoms with Gasteiger partial charge in [-0.05, 0) is 74.4 Å². The van der Waals surface area contributed by atoms with Gasteiger partial charge in [0.25, 0.3) is 5.91 Å². The van der Waals surface area contributed by atoms with E-state index >= 15 is 0 Å². The van der Waals surface area contributed by atoms with E-state index in [1.165, 1.54) is 12.1 Å². The molecule has 0 fully saturated rings. The highest BCUT2D eigenvalue weighted by Crippen LogP contribution is 2.23. The summed E-state index contributed by atoms with van der Waals surface area (Å²) in [5.74, 6) is -0.244. The van der Waals surface area contributed by atoms with Crippen LogP contribution in [0, 0.1) is 26.6 Å². The van der Waals surface area contributed by atoms with E-state index in [-0.39, 0.29) is 11.6 Å². The molecular weight excluding hydrogens is 379 g/mol. The van der Waals surface area contributed by atoms with Gasteiger partial charge in [-0.2, -0.15) is 0 Å². The molecule has 4 aromatic rings. The Kier molecular flexibility index (Phi) is 5.14. The number of hydrogen-bond donors (Lipinski definition) is 1. The van der Waals surface area contributed by atoms with Crippen molar-refractivity contribution < 1.29 is 9.18 Å². The molecule has 0 saturated carbocycles. The number of aromatic nitrogens is 3. The molecule has 30 heavy (non-hydrogen) atoms. The van der Waals surface area contributed by atoms with Gasteiger partial charge in [-0.1, -0.05) is 29.8 Å². The average Bonchev–Trinajstić information content (AvgIpc) is 3.17. The summed E-state index contributed by atoms with van der Waals surface area (Å²) in [4.78, 5) is 17.4. The number of nitrogens with zero attached hydrogens (tertiary/aromatic N) is 3. The Morgan fingerprint density at radius 3 is 2.27 bits per heavy atom. The smallest absolute Gasteiger partial charge is 0.295 e. The first-order valence-corrected chi connectivity index (χ1v) is 9.59. The van der Waals surface area contributed by atoms with Crippen molar-refractivity contribution in [2.75, 3.05) is 5.32 Å². The molecule has 6 heteroatoms. The Morgan fingerprint density at radius 2 is 1.57 bits per heavy atom. The van der Waals surface area contributed by atoms with Gasteiger partial charge >= 0.3 is 0 Å². The maximum Gasteiger partial charge on any atom is 0.295 e. The van der Waals surface area contributed by atoms with Gasteiger partial charge < -0.3 is 5.32 Å². The highest BCUT2D eigenvalue weighted by atomic mass is 19.1. The molecule has 1 N–H and O–H groups in total. The maximum absolute atomic E-state index is 13.4. The number of aryl methyl sites for hydroxylation is 3. The van der Waals surface area contributed by atoms with Crippen molar-refractivity contribution in [2.45, 2.75) is 20.8 Å². The molecule has 150 valence electrons. The minimum Gasteiger partial charge on any atom is -0.319 e. The van der Waals surface area contributed by atoms with Crippen molar-refractivity contribution in [3.63, 3.8) is 0 Å². The summed E-state index contributed by atoms with van der Waals surface area (Å²) >= 11 is 0. The number of nitrogens with one attached hydrogen (secondary N) is 1. The molecule has 0 aliphatic carbocycles. The zero-order valence-electron chi connectivity index (χ0n) is 17.0. The summed E-state index contributed by atoms with van der Waals surface area (Å²) in [5, 5.41) is 7.35. The highest BCUT2D eigenvalue weighted by Gasteiger charge is 2.19. The van der Waals surface area contributed by atoms with E-state index in [0.29, 0.717) is 11.4 Å². The fourth-order valence-corrected chi connectivity index (χ4v) is 3.11. The summed E-state index contributed by atoms with van der Waals surface area (Å²) in [6.45, 7) is 5.89. The third-order valence-corrected chi connectivity index (χ3v) is 4.83.